The highest BCUT2D eigenvalue weighted by atomic mass is 35.5. The Morgan fingerprint density at radius 3 is 2.30 bits per heavy atom. The minimum absolute atomic E-state index is 0.445. The van der Waals surface area contributed by atoms with Gasteiger partial charge < -0.3 is 4.74 Å². The fraction of sp³-hybridized carbons (Fsp3) is 0.188. The van der Waals surface area contributed by atoms with Crippen LogP contribution in [-0.4, -0.2) is 16.3 Å². The molecule has 0 fully saturated rings. The predicted molar refractivity (Wildman–Crippen MR) is 89.0 cm³/mol. The zero-order chi connectivity index (χ0) is 16.8. The Morgan fingerprint density at radius 2 is 1.78 bits per heavy atom. The number of ether oxygens (including phenoxy) is 1. The van der Waals surface area contributed by atoms with Crippen LogP contribution >= 0.6 is 23.4 Å². The van der Waals surface area contributed by atoms with Gasteiger partial charge in [0.05, 0.1) is 0 Å². The van der Waals surface area contributed by atoms with Crippen LogP contribution in [0.2, 0.25) is 5.02 Å². The summed E-state index contributed by atoms with van der Waals surface area (Å²) < 4.78 is 5.23. The third kappa shape index (κ3) is 4.97. The predicted octanol–water partition coefficient (Wildman–Crippen LogP) is 4.34. The molecule has 2 aromatic carbocycles. The van der Waals surface area contributed by atoms with Crippen LogP contribution < -0.4 is 0 Å². The molecule has 2 atom stereocenters. The molecule has 0 N–H and O–H groups in total. The van der Waals surface area contributed by atoms with Crippen molar-refractivity contribution in [3.05, 3.63) is 75.3 Å². The average Bonchev–Trinajstić information content (AvgIpc) is 2.52. The molecule has 2 rings (SSSR count). The van der Waals surface area contributed by atoms with E-state index in [4.69, 9.17) is 16.3 Å². The van der Waals surface area contributed by atoms with Crippen molar-refractivity contribution in [3.8, 4) is 0 Å². The van der Waals surface area contributed by atoms with E-state index in [1.807, 2.05) is 6.07 Å². The standard InChI is InChI=1S/C16H14ClNO4S/c1-11(19)22-15(12-7-9-13(17)10-8-12)16(18(20)21)23-14-5-3-2-4-6-14/h2-10,15-16H,1H3/t15-,16-/m1/s1. The van der Waals surface area contributed by atoms with Crippen molar-refractivity contribution < 1.29 is 14.5 Å². The van der Waals surface area contributed by atoms with Crippen LogP contribution in [-0.2, 0) is 9.53 Å². The zero-order valence-electron chi connectivity index (χ0n) is 12.2. The number of hydrogen-bond acceptors (Lipinski definition) is 5. The van der Waals surface area contributed by atoms with Crippen LogP contribution in [0.3, 0.4) is 0 Å². The third-order valence-electron chi connectivity index (χ3n) is 2.96. The van der Waals surface area contributed by atoms with E-state index in [2.05, 4.69) is 0 Å². The molecule has 120 valence electrons. The molecule has 0 unspecified atom stereocenters. The topological polar surface area (TPSA) is 69.4 Å². The summed E-state index contributed by atoms with van der Waals surface area (Å²) in [4.78, 5) is 23.2. The highest BCUT2D eigenvalue weighted by molar-refractivity contribution is 7.99. The summed E-state index contributed by atoms with van der Waals surface area (Å²) in [6.45, 7) is 1.23. The Labute approximate surface area is 142 Å². The van der Waals surface area contributed by atoms with Gasteiger partial charge in [0.2, 0.25) is 6.10 Å². The molecule has 0 aromatic heterocycles. The third-order valence-corrected chi connectivity index (χ3v) is 4.42. The summed E-state index contributed by atoms with van der Waals surface area (Å²) in [5, 5.41) is 10.9. The van der Waals surface area contributed by atoms with Gasteiger partial charge in [-0.3, -0.25) is 14.9 Å². The fourth-order valence-corrected chi connectivity index (χ4v) is 3.12. The molecule has 0 heterocycles. The van der Waals surface area contributed by atoms with Gasteiger partial charge in [-0.15, -0.1) is 0 Å². The number of halogens is 1. The quantitative estimate of drug-likeness (QED) is 0.254. The van der Waals surface area contributed by atoms with Gasteiger partial charge in [0, 0.05) is 27.3 Å². The van der Waals surface area contributed by atoms with Gasteiger partial charge in [-0.1, -0.05) is 41.9 Å². The minimum atomic E-state index is -1.16. The Morgan fingerprint density at radius 1 is 1.17 bits per heavy atom. The molecule has 0 aliphatic carbocycles. The molecule has 0 aliphatic rings. The smallest absolute Gasteiger partial charge is 0.303 e. The molecule has 23 heavy (non-hydrogen) atoms. The maximum absolute atomic E-state index is 11.5. The lowest BCUT2D eigenvalue weighted by Crippen LogP contribution is -2.27. The number of benzene rings is 2. The average molecular weight is 352 g/mol. The number of carbonyl (C=O) groups is 1. The first-order valence-corrected chi connectivity index (χ1v) is 8.01. The van der Waals surface area contributed by atoms with E-state index in [9.17, 15) is 14.9 Å². The number of esters is 1. The molecule has 0 saturated carbocycles. The second kappa shape index (κ2) is 7.99. The lowest BCUT2D eigenvalue weighted by Gasteiger charge is -2.20. The van der Waals surface area contributed by atoms with E-state index in [0.29, 0.717) is 10.6 Å². The van der Waals surface area contributed by atoms with E-state index >= 15 is 0 Å². The van der Waals surface area contributed by atoms with Gasteiger partial charge in [-0.2, -0.15) is 0 Å². The molecular weight excluding hydrogens is 338 g/mol. The first-order chi connectivity index (χ1) is 11.0. The van der Waals surface area contributed by atoms with Crippen LogP contribution in [0, 0.1) is 10.1 Å². The molecule has 0 radical (unpaired) electrons. The first-order valence-electron chi connectivity index (χ1n) is 6.75. The Hall–Kier alpha value is -2.05. The van der Waals surface area contributed by atoms with Gasteiger partial charge in [0.25, 0.3) is 0 Å². The summed E-state index contributed by atoms with van der Waals surface area (Å²) in [6.07, 6.45) is -1.01. The molecule has 0 saturated heterocycles. The van der Waals surface area contributed by atoms with Crippen molar-refractivity contribution in [2.45, 2.75) is 23.3 Å². The first kappa shape index (κ1) is 17.3. The Balaban J connectivity index is 2.34. The van der Waals surface area contributed by atoms with Gasteiger partial charge >= 0.3 is 11.3 Å². The summed E-state index contributed by atoms with van der Waals surface area (Å²) in [6, 6.07) is 15.4. The van der Waals surface area contributed by atoms with Gasteiger partial charge in [0.15, 0.2) is 0 Å². The second-order valence-electron chi connectivity index (χ2n) is 4.69. The lowest BCUT2D eigenvalue weighted by molar-refractivity contribution is -0.507. The van der Waals surface area contributed by atoms with E-state index in [0.717, 1.165) is 16.7 Å². The fourth-order valence-electron chi connectivity index (χ4n) is 1.98. The number of nitrogens with zero attached hydrogens (tertiary/aromatic N) is 1. The molecular formula is C16H14ClNO4S. The number of thioether (sulfide) groups is 1. The maximum atomic E-state index is 11.5. The highest BCUT2D eigenvalue weighted by Gasteiger charge is 2.36. The van der Waals surface area contributed by atoms with Crippen LogP contribution in [0.25, 0.3) is 0 Å². The van der Waals surface area contributed by atoms with Crippen molar-refractivity contribution in [2.24, 2.45) is 0 Å². The summed E-state index contributed by atoms with van der Waals surface area (Å²) >= 11 is 6.88. The summed E-state index contributed by atoms with van der Waals surface area (Å²) in [7, 11) is 0. The van der Waals surface area contributed by atoms with Crippen molar-refractivity contribution in [1.29, 1.82) is 0 Å². The zero-order valence-corrected chi connectivity index (χ0v) is 13.8. The molecule has 2 aromatic rings. The maximum Gasteiger partial charge on any atom is 0.303 e. The minimum Gasteiger partial charge on any atom is -0.449 e. The Kier molecular flexibility index (Phi) is 6.01. The molecule has 7 heteroatoms. The normalized spacial score (nSPS) is 13.1. The number of hydrogen-bond donors (Lipinski definition) is 0. The second-order valence-corrected chi connectivity index (χ2v) is 6.31. The van der Waals surface area contributed by atoms with Crippen LogP contribution in [0.4, 0.5) is 0 Å². The summed E-state index contributed by atoms with van der Waals surface area (Å²) in [5.41, 5.74) is 0.523. The molecule has 0 amide bonds. The molecule has 0 spiro atoms. The van der Waals surface area contributed by atoms with Crippen LogP contribution in [0.5, 0.6) is 0 Å². The molecule has 0 aliphatic heterocycles. The monoisotopic (exact) mass is 351 g/mol. The highest BCUT2D eigenvalue weighted by Crippen LogP contribution is 2.35. The van der Waals surface area contributed by atoms with Crippen LogP contribution in [0.15, 0.2) is 59.5 Å². The lowest BCUT2D eigenvalue weighted by atomic mass is 10.1. The van der Waals surface area contributed by atoms with E-state index in [1.54, 1.807) is 48.5 Å². The largest absolute Gasteiger partial charge is 0.449 e. The Bertz CT molecular complexity index is 678. The van der Waals surface area contributed by atoms with Gasteiger partial charge in [-0.05, 0) is 36.0 Å². The SMILES string of the molecule is CC(=O)O[C@H](c1ccc(Cl)cc1)[C@@H](Sc1ccccc1)[N+](=O)[O-]. The molecule has 0 bridgehead atoms. The van der Waals surface area contributed by atoms with Gasteiger partial charge in [-0.25, -0.2) is 0 Å². The van der Waals surface area contributed by atoms with E-state index in [-0.39, 0.29) is 0 Å². The van der Waals surface area contributed by atoms with E-state index < -0.39 is 22.4 Å². The van der Waals surface area contributed by atoms with Crippen molar-refractivity contribution in [2.75, 3.05) is 0 Å². The number of nitro groups is 1. The molecule has 5 nitrogen and oxygen atoms in total. The summed E-state index contributed by atoms with van der Waals surface area (Å²) in [5.74, 6) is -0.578. The van der Waals surface area contributed by atoms with Crippen molar-refractivity contribution in [1.82, 2.24) is 0 Å². The van der Waals surface area contributed by atoms with Gasteiger partial charge in [0.1, 0.15) is 0 Å². The van der Waals surface area contributed by atoms with Crippen LogP contribution in [0.1, 0.15) is 18.6 Å². The number of rotatable bonds is 6. The number of carbonyl (C=O) groups excluding carboxylic acids is 1. The van der Waals surface area contributed by atoms with Crippen molar-refractivity contribution >= 4 is 29.3 Å². The van der Waals surface area contributed by atoms with E-state index in [1.165, 1.54) is 6.92 Å². The van der Waals surface area contributed by atoms with Crippen molar-refractivity contribution in [3.63, 3.8) is 0 Å².